The highest BCUT2D eigenvalue weighted by Gasteiger charge is 2.20. The second kappa shape index (κ2) is 5.77. The van der Waals surface area contributed by atoms with E-state index < -0.39 is 0 Å². The molecule has 6 nitrogen and oxygen atoms in total. The van der Waals surface area contributed by atoms with Gasteiger partial charge >= 0.3 is 0 Å². The molecule has 0 saturated carbocycles. The lowest BCUT2D eigenvalue weighted by Crippen LogP contribution is -2.49. The van der Waals surface area contributed by atoms with Gasteiger partial charge in [0, 0.05) is 45.6 Å². The smallest absolute Gasteiger partial charge is 0.242 e. The summed E-state index contributed by atoms with van der Waals surface area (Å²) in [5, 5.41) is 0. The van der Waals surface area contributed by atoms with E-state index in [2.05, 4.69) is 21.9 Å². The molecule has 1 aliphatic heterocycles. The molecular weight excluding hydrogens is 230 g/mol. The van der Waals surface area contributed by atoms with Crippen molar-refractivity contribution in [3.63, 3.8) is 0 Å². The second-order valence-corrected chi connectivity index (χ2v) is 4.60. The van der Waals surface area contributed by atoms with E-state index in [4.69, 9.17) is 0 Å². The zero-order chi connectivity index (χ0) is 13.0. The molecule has 1 aromatic heterocycles. The molecule has 0 bridgehead atoms. The lowest BCUT2D eigenvalue weighted by atomic mass is 10.3. The molecule has 1 aliphatic rings. The molecule has 98 valence electrons. The van der Waals surface area contributed by atoms with Gasteiger partial charge in [-0.15, -0.1) is 0 Å². The van der Waals surface area contributed by atoms with Crippen LogP contribution in [0.4, 0.5) is 5.82 Å². The third kappa shape index (κ3) is 3.16. The summed E-state index contributed by atoms with van der Waals surface area (Å²) in [5.74, 6) is 0.872. The van der Waals surface area contributed by atoms with Crippen molar-refractivity contribution >= 4 is 11.7 Å². The van der Waals surface area contributed by atoms with Crippen LogP contribution in [0.3, 0.4) is 0 Å². The number of hydrogen-bond donors (Lipinski definition) is 0. The van der Waals surface area contributed by atoms with Crippen molar-refractivity contribution < 1.29 is 4.79 Å². The van der Waals surface area contributed by atoms with E-state index in [9.17, 15) is 4.79 Å². The van der Waals surface area contributed by atoms with E-state index in [1.54, 1.807) is 18.6 Å². The molecule has 0 atom stereocenters. The van der Waals surface area contributed by atoms with Crippen LogP contribution in [0.25, 0.3) is 0 Å². The van der Waals surface area contributed by atoms with Crippen molar-refractivity contribution in [3.05, 3.63) is 18.6 Å². The average molecular weight is 249 g/mol. The van der Waals surface area contributed by atoms with Crippen LogP contribution in [-0.2, 0) is 4.79 Å². The van der Waals surface area contributed by atoms with Gasteiger partial charge in [-0.1, -0.05) is 0 Å². The summed E-state index contributed by atoms with van der Waals surface area (Å²) >= 11 is 0. The first-order chi connectivity index (χ1) is 8.66. The maximum absolute atomic E-state index is 12.1. The number of carbonyl (C=O) groups excluding carboxylic acids is 1. The molecule has 0 spiro atoms. The van der Waals surface area contributed by atoms with E-state index >= 15 is 0 Å². The average Bonchev–Trinajstić information content (AvgIpc) is 2.40. The third-order valence-electron chi connectivity index (χ3n) is 3.17. The molecular formula is C12H19N5O. The van der Waals surface area contributed by atoms with E-state index in [1.165, 1.54) is 0 Å². The van der Waals surface area contributed by atoms with Gasteiger partial charge in [0.1, 0.15) is 5.82 Å². The first-order valence-electron chi connectivity index (χ1n) is 6.10. The van der Waals surface area contributed by atoms with Crippen molar-refractivity contribution in [1.82, 2.24) is 19.8 Å². The van der Waals surface area contributed by atoms with Crippen molar-refractivity contribution in [2.45, 2.75) is 0 Å². The van der Waals surface area contributed by atoms with Gasteiger partial charge < -0.3 is 14.7 Å². The van der Waals surface area contributed by atoms with Gasteiger partial charge in [-0.3, -0.25) is 9.78 Å². The Balaban J connectivity index is 1.87. The van der Waals surface area contributed by atoms with E-state index in [-0.39, 0.29) is 5.91 Å². The monoisotopic (exact) mass is 249 g/mol. The highest BCUT2D eigenvalue weighted by atomic mass is 16.2. The molecule has 1 aromatic rings. The molecule has 1 fully saturated rings. The molecule has 2 rings (SSSR count). The van der Waals surface area contributed by atoms with Gasteiger partial charge in [0.15, 0.2) is 0 Å². The number of nitrogens with zero attached hydrogens (tertiary/aromatic N) is 5. The largest absolute Gasteiger partial charge is 0.349 e. The summed E-state index contributed by atoms with van der Waals surface area (Å²) in [4.78, 5) is 26.2. The summed E-state index contributed by atoms with van der Waals surface area (Å²) in [7, 11) is 3.94. The number of anilines is 1. The van der Waals surface area contributed by atoms with E-state index in [0.717, 1.165) is 32.0 Å². The first kappa shape index (κ1) is 12.8. The molecule has 0 N–H and O–H groups in total. The van der Waals surface area contributed by atoms with Crippen molar-refractivity contribution in [2.75, 3.05) is 51.7 Å². The van der Waals surface area contributed by atoms with Crippen LogP contribution in [-0.4, -0.2) is 72.5 Å². The van der Waals surface area contributed by atoms with Crippen LogP contribution < -0.4 is 4.90 Å². The first-order valence-corrected chi connectivity index (χ1v) is 6.10. The van der Waals surface area contributed by atoms with Crippen LogP contribution in [0, 0.1) is 0 Å². The lowest BCUT2D eigenvalue weighted by molar-refractivity contribution is -0.131. The number of rotatable bonds is 3. The fourth-order valence-electron chi connectivity index (χ4n) is 1.93. The summed E-state index contributed by atoms with van der Waals surface area (Å²) in [6.45, 7) is 3.86. The second-order valence-electron chi connectivity index (χ2n) is 4.60. The quantitative estimate of drug-likeness (QED) is 0.735. The van der Waals surface area contributed by atoms with Crippen molar-refractivity contribution in [2.24, 2.45) is 0 Å². The Hall–Kier alpha value is -1.69. The minimum absolute atomic E-state index is 0.149. The number of hydrogen-bond acceptors (Lipinski definition) is 5. The zero-order valence-electron chi connectivity index (χ0n) is 10.9. The minimum atomic E-state index is 0.149. The summed E-state index contributed by atoms with van der Waals surface area (Å²) in [6, 6.07) is 0. The van der Waals surface area contributed by atoms with Gasteiger partial charge in [0.05, 0.1) is 12.7 Å². The summed E-state index contributed by atoms with van der Waals surface area (Å²) in [6.07, 6.45) is 4.92. The standard InChI is InChI=1S/C12H19N5O/c1-15-5-7-17(8-6-15)12(18)10-16(2)11-9-13-3-4-14-11/h3-4,9H,5-8,10H2,1-2H3. The fourth-order valence-corrected chi connectivity index (χ4v) is 1.93. The van der Waals surface area contributed by atoms with Gasteiger partial charge in [-0.25, -0.2) is 4.98 Å². The molecule has 6 heteroatoms. The highest BCUT2D eigenvalue weighted by molar-refractivity contribution is 5.81. The Morgan fingerprint density at radius 1 is 1.33 bits per heavy atom. The Morgan fingerprint density at radius 2 is 2.06 bits per heavy atom. The SMILES string of the molecule is CN1CCN(C(=O)CN(C)c2cnccn2)CC1. The number of piperazine rings is 1. The topological polar surface area (TPSA) is 52.6 Å². The van der Waals surface area contributed by atoms with Crippen LogP contribution in [0.2, 0.25) is 0 Å². The maximum atomic E-state index is 12.1. The number of amides is 1. The highest BCUT2D eigenvalue weighted by Crippen LogP contribution is 2.06. The number of carbonyl (C=O) groups is 1. The maximum Gasteiger partial charge on any atom is 0.242 e. The third-order valence-corrected chi connectivity index (χ3v) is 3.17. The zero-order valence-corrected chi connectivity index (χ0v) is 10.9. The number of aromatic nitrogens is 2. The minimum Gasteiger partial charge on any atom is -0.349 e. The molecule has 1 saturated heterocycles. The van der Waals surface area contributed by atoms with E-state index in [0.29, 0.717) is 6.54 Å². The predicted molar refractivity (Wildman–Crippen MR) is 69.4 cm³/mol. The Morgan fingerprint density at radius 3 is 2.67 bits per heavy atom. The molecule has 0 unspecified atom stereocenters. The van der Waals surface area contributed by atoms with Crippen molar-refractivity contribution in [3.8, 4) is 0 Å². The fraction of sp³-hybridized carbons (Fsp3) is 0.583. The van der Waals surface area contributed by atoms with Gasteiger partial charge in [-0.2, -0.15) is 0 Å². The van der Waals surface area contributed by atoms with Gasteiger partial charge in [0.25, 0.3) is 0 Å². The van der Waals surface area contributed by atoms with Gasteiger partial charge in [0.2, 0.25) is 5.91 Å². The Bertz CT molecular complexity index is 389. The molecule has 0 aliphatic carbocycles. The van der Waals surface area contributed by atoms with Crippen molar-refractivity contribution in [1.29, 1.82) is 0 Å². The molecule has 0 radical (unpaired) electrons. The Labute approximate surface area is 107 Å². The normalized spacial score (nSPS) is 16.7. The summed E-state index contributed by atoms with van der Waals surface area (Å²) < 4.78 is 0. The Kier molecular flexibility index (Phi) is 4.09. The number of likely N-dealkylation sites (N-methyl/N-ethyl adjacent to an activating group) is 2. The predicted octanol–water partition coefficient (Wildman–Crippen LogP) is -0.313. The van der Waals surface area contributed by atoms with Crippen LogP contribution in [0.1, 0.15) is 0 Å². The molecule has 0 aromatic carbocycles. The lowest BCUT2D eigenvalue weighted by Gasteiger charge is -2.33. The van der Waals surface area contributed by atoms with E-state index in [1.807, 2.05) is 16.8 Å². The van der Waals surface area contributed by atoms with Gasteiger partial charge in [-0.05, 0) is 7.05 Å². The molecule has 1 amide bonds. The molecule has 18 heavy (non-hydrogen) atoms. The molecule has 2 heterocycles. The van der Waals surface area contributed by atoms with Crippen LogP contribution in [0.5, 0.6) is 0 Å². The van der Waals surface area contributed by atoms with Crippen LogP contribution >= 0.6 is 0 Å². The summed E-state index contributed by atoms with van der Waals surface area (Å²) in [5.41, 5.74) is 0. The van der Waals surface area contributed by atoms with Crippen LogP contribution in [0.15, 0.2) is 18.6 Å².